The maximum Gasteiger partial charge on any atom is 0.453 e. The predicted molar refractivity (Wildman–Crippen MR) is 187 cm³/mol. The number of hydrogen-bond acceptors (Lipinski definition) is 16. The molecule has 0 bridgehead atoms. The fraction of sp³-hybridized carbons (Fsp3) is 0.389. The molecule has 290 valence electrons. The van der Waals surface area contributed by atoms with E-state index >= 15 is 0 Å². The largest absolute Gasteiger partial charge is 0.453 e. The monoisotopic (exact) mass is 751 g/mol. The lowest BCUT2D eigenvalue weighted by atomic mass is 9.97. The van der Waals surface area contributed by atoms with Gasteiger partial charge in [0.15, 0.2) is 0 Å². The average Bonchev–Trinajstić information content (AvgIpc) is 3.65. The zero-order valence-corrected chi connectivity index (χ0v) is 30.2. The highest BCUT2D eigenvalue weighted by Crippen LogP contribution is 2.30. The molecule has 0 aliphatic carbocycles. The number of nitrogens with zero attached hydrogens (tertiary/aromatic N) is 7. The van der Waals surface area contributed by atoms with Gasteiger partial charge < -0.3 is 14.4 Å². The summed E-state index contributed by atoms with van der Waals surface area (Å²) in [5, 5.41) is 46.2. The normalized spacial score (nSPS) is 12.0. The Bertz CT molecular complexity index is 1800. The number of carbonyl (C=O) groups is 3. The number of esters is 1. The molecule has 0 saturated heterocycles. The maximum absolute atomic E-state index is 13.7. The molecule has 0 unspecified atom stereocenters. The zero-order valence-electron chi connectivity index (χ0n) is 30.2. The minimum atomic E-state index is -0.909. The second kappa shape index (κ2) is 20.9. The number of unbranched alkanes of at least 4 members (excludes halogenated alkanes) is 2. The van der Waals surface area contributed by atoms with E-state index in [1.807, 2.05) is 57.2 Å². The molecule has 54 heavy (non-hydrogen) atoms. The van der Waals surface area contributed by atoms with Crippen LogP contribution in [-0.2, 0) is 37.2 Å². The third-order valence-corrected chi connectivity index (χ3v) is 8.07. The molecule has 18 nitrogen and oxygen atoms in total. The van der Waals surface area contributed by atoms with Gasteiger partial charge in [-0.15, -0.1) is 10.2 Å². The van der Waals surface area contributed by atoms with Crippen molar-refractivity contribution in [3.8, 4) is 28.3 Å². The number of hydrogen-bond donors (Lipinski definition) is 4. The summed E-state index contributed by atoms with van der Waals surface area (Å²) in [7, 11) is 0. The van der Waals surface area contributed by atoms with Gasteiger partial charge in [-0.25, -0.2) is 14.4 Å². The highest BCUT2D eigenvalue weighted by molar-refractivity contribution is 5.86. The van der Waals surface area contributed by atoms with Crippen LogP contribution in [0.25, 0.3) is 22.5 Å². The zero-order chi connectivity index (χ0) is 39.0. The molecule has 0 aliphatic rings. The standard InChI is InChI=1S/C36H45N7O11/c1-4-5-15-32(44)40(33(25(2)3)35(45)54-29-12-10-11-27(22-29)24-53-43(49)50)23-26-16-18-28(19-17-26)30-13-6-7-14-31(30)34-37-39-41(38-34)36(46)51-20-8-9-21-52-42(47)48/h6-7,10-14,16-19,22,25,33,47-50H,4-5,8-9,15,20-21,23-24H2,1-3H3/t33-/m0/s1. The lowest BCUT2D eigenvalue weighted by Gasteiger charge is -2.33. The first-order valence-corrected chi connectivity index (χ1v) is 17.3. The van der Waals surface area contributed by atoms with Crippen molar-refractivity contribution in [2.45, 2.75) is 72.1 Å². The second-order valence-corrected chi connectivity index (χ2v) is 12.5. The minimum absolute atomic E-state index is 0.0173. The number of aromatic nitrogens is 4. The Morgan fingerprint density at radius 2 is 1.52 bits per heavy atom. The first-order chi connectivity index (χ1) is 26.0. The highest BCUT2D eigenvalue weighted by Gasteiger charge is 2.34. The van der Waals surface area contributed by atoms with Crippen LogP contribution in [-0.4, -0.2) is 93.9 Å². The summed E-state index contributed by atoms with van der Waals surface area (Å²) >= 11 is 0. The predicted octanol–water partition coefficient (Wildman–Crippen LogP) is 5.45. The summed E-state index contributed by atoms with van der Waals surface area (Å²) in [4.78, 5) is 51.2. The molecule has 1 atom stereocenters. The minimum Gasteiger partial charge on any atom is -0.447 e. The molecule has 0 radical (unpaired) electrons. The fourth-order valence-corrected chi connectivity index (χ4v) is 5.46. The van der Waals surface area contributed by atoms with Gasteiger partial charge >= 0.3 is 12.1 Å². The van der Waals surface area contributed by atoms with Gasteiger partial charge in [-0.3, -0.25) is 30.5 Å². The van der Waals surface area contributed by atoms with E-state index in [4.69, 9.17) is 30.3 Å². The molecule has 1 heterocycles. The molecular formula is C36H45N7O11. The van der Waals surface area contributed by atoms with E-state index in [9.17, 15) is 14.4 Å². The quantitative estimate of drug-likeness (QED) is 0.0382. The lowest BCUT2D eigenvalue weighted by Crippen LogP contribution is -2.49. The molecular weight excluding hydrogens is 706 g/mol. The van der Waals surface area contributed by atoms with Gasteiger partial charge in [0, 0.05) is 18.5 Å². The molecule has 4 aromatic rings. The summed E-state index contributed by atoms with van der Waals surface area (Å²) in [6.07, 6.45) is 1.68. The van der Waals surface area contributed by atoms with Crippen molar-refractivity contribution in [1.29, 1.82) is 0 Å². The van der Waals surface area contributed by atoms with Gasteiger partial charge in [0.2, 0.25) is 11.7 Å². The Balaban J connectivity index is 1.49. The topological polar surface area (TPSA) is 222 Å². The van der Waals surface area contributed by atoms with E-state index < -0.39 is 23.5 Å². The number of ether oxygens (including phenoxy) is 2. The van der Waals surface area contributed by atoms with Gasteiger partial charge in [0.05, 0.1) is 30.6 Å². The molecule has 1 aromatic heterocycles. The fourth-order valence-electron chi connectivity index (χ4n) is 5.46. The Kier molecular flexibility index (Phi) is 16.1. The number of tetrazole rings is 1. The molecule has 0 fully saturated rings. The molecule has 4 N–H and O–H groups in total. The van der Waals surface area contributed by atoms with Crippen LogP contribution in [0, 0.1) is 5.92 Å². The van der Waals surface area contributed by atoms with Crippen LogP contribution in [0.4, 0.5) is 4.79 Å². The van der Waals surface area contributed by atoms with Crippen molar-refractivity contribution in [3.05, 3.63) is 83.9 Å². The number of benzene rings is 3. The summed E-state index contributed by atoms with van der Waals surface area (Å²) in [6.45, 7) is 5.69. The van der Waals surface area contributed by atoms with Gasteiger partial charge in [0.1, 0.15) is 11.8 Å². The molecule has 4 rings (SSSR count). The van der Waals surface area contributed by atoms with E-state index in [0.29, 0.717) is 30.4 Å². The van der Waals surface area contributed by atoms with Crippen molar-refractivity contribution in [2.75, 3.05) is 13.2 Å². The van der Waals surface area contributed by atoms with Crippen LogP contribution in [0.5, 0.6) is 5.75 Å². The van der Waals surface area contributed by atoms with Crippen LogP contribution in [0.3, 0.4) is 0 Å². The lowest BCUT2D eigenvalue weighted by molar-refractivity contribution is -0.497. The molecule has 18 heteroatoms. The van der Waals surface area contributed by atoms with Gasteiger partial charge in [-0.2, -0.15) is 0 Å². The third kappa shape index (κ3) is 12.5. The number of carbonyl (C=O) groups excluding carboxylic acids is 3. The number of rotatable bonds is 20. The first-order valence-electron chi connectivity index (χ1n) is 17.3. The summed E-state index contributed by atoms with van der Waals surface area (Å²) in [6, 6.07) is 20.3. The van der Waals surface area contributed by atoms with E-state index in [1.54, 1.807) is 35.2 Å². The average molecular weight is 752 g/mol. The van der Waals surface area contributed by atoms with Crippen molar-refractivity contribution >= 4 is 18.0 Å². The van der Waals surface area contributed by atoms with Crippen LogP contribution in [0.2, 0.25) is 0 Å². The van der Waals surface area contributed by atoms with Crippen LogP contribution < -0.4 is 4.74 Å². The first kappa shape index (κ1) is 41.6. The summed E-state index contributed by atoms with van der Waals surface area (Å²) < 4.78 is 10.9. The van der Waals surface area contributed by atoms with Gasteiger partial charge in [0.25, 0.3) is 0 Å². The molecule has 0 spiro atoms. The van der Waals surface area contributed by atoms with Crippen LogP contribution in [0.1, 0.15) is 64.0 Å². The maximum atomic E-state index is 13.7. The molecule has 0 saturated carbocycles. The SMILES string of the molecule is CCCCC(=O)N(Cc1ccc(-c2ccccc2-c2nnn(C(=O)OCCCCON(O)O)n2)cc1)[C@H](C(=O)Oc1cccc(CON(O)O)c1)C(C)C. The summed E-state index contributed by atoms with van der Waals surface area (Å²) in [5.74, 6) is -0.682. The Labute approximate surface area is 311 Å². The highest BCUT2D eigenvalue weighted by atomic mass is 17.1. The summed E-state index contributed by atoms with van der Waals surface area (Å²) in [5.41, 5.74) is 3.47. The van der Waals surface area contributed by atoms with Crippen molar-refractivity contribution < 1.29 is 54.4 Å². The van der Waals surface area contributed by atoms with Gasteiger partial charge in [-0.05, 0) is 64.8 Å². The Morgan fingerprint density at radius 1 is 0.815 bits per heavy atom. The van der Waals surface area contributed by atoms with Gasteiger partial charge in [-0.1, -0.05) is 92.7 Å². The second-order valence-electron chi connectivity index (χ2n) is 12.5. The van der Waals surface area contributed by atoms with E-state index in [-0.39, 0.29) is 61.6 Å². The van der Waals surface area contributed by atoms with E-state index in [2.05, 4.69) is 25.1 Å². The van der Waals surface area contributed by atoms with E-state index in [0.717, 1.165) is 27.9 Å². The molecule has 0 aliphatic heterocycles. The molecule has 3 aromatic carbocycles. The smallest absolute Gasteiger partial charge is 0.447 e. The van der Waals surface area contributed by atoms with Crippen LogP contribution >= 0.6 is 0 Å². The molecule has 1 amide bonds. The third-order valence-electron chi connectivity index (χ3n) is 8.07. The van der Waals surface area contributed by atoms with Crippen molar-refractivity contribution in [2.24, 2.45) is 5.92 Å². The Morgan fingerprint density at radius 3 is 2.20 bits per heavy atom. The Hall–Kier alpha value is -5.18. The van der Waals surface area contributed by atoms with Crippen molar-refractivity contribution in [1.82, 2.24) is 35.9 Å². The number of amides is 1. The van der Waals surface area contributed by atoms with Crippen molar-refractivity contribution in [3.63, 3.8) is 0 Å². The van der Waals surface area contributed by atoms with Crippen LogP contribution in [0.15, 0.2) is 72.8 Å². The van der Waals surface area contributed by atoms with E-state index in [1.165, 1.54) is 6.07 Å².